The van der Waals surface area contributed by atoms with E-state index in [9.17, 15) is 4.79 Å². The number of anilines is 1. The predicted octanol–water partition coefficient (Wildman–Crippen LogP) is 2.74. The van der Waals surface area contributed by atoms with Crippen molar-refractivity contribution in [3.05, 3.63) is 29.3 Å². The Morgan fingerprint density at radius 3 is 2.50 bits per heavy atom. The Hall–Kier alpha value is -1.55. The topological polar surface area (TPSA) is 49.6 Å². The summed E-state index contributed by atoms with van der Waals surface area (Å²) in [5, 5.41) is 0. The summed E-state index contributed by atoms with van der Waals surface area (Å²) in [7, 11) is 0. The normalized spacial score (nSPS) is 20.5. The summed E-state index contributed by atoms with van der Waals surface area (Å²) in [6.45, 7) is 7.22. The number of nitrogens with two attached hydrogens (primary N) is 1. The maximum absolute atomic E-state index is 12.6. The van der Waals surface area contributed by atoms with Gasteiger partial charge in [0.05, 0.1) is 0 Å². The van der Waals surface area contributed by atoms with Crippen molar-refractivity contribution in [3.63, 3.8) is 0 Å². The largest absolute Gasteiger partial charge is 0.398 e. The fourth-order valence-corrected chi connectivity index (χ4v) is 3.45. The lowest BCUT2D eigenvalue weighted by Gasteiger charge is -2.30. The molecule has 2 fully saturated rings. The van der Waals surface area contributed by atoms with Crippen LogP contribution in [0.3, 0.4) is 0 Å². The smallest absolute Gasteiger partial charge is 0.253 e. The van der Waals surface area contributed by atoms with E-state index >= 15 is 0 Å². The molecule has 0 aromatic heterocycles. The summed E-state index contributed by atoms with van der Waals surface area (Å²) >= 11 is 0. The van der Waals surface area contributed by atoms with Crippen molar-refractivity contribution < 1.29 is 4.79 Å². The molecule has 0 bridgehead atoms. The van der Waals surface area contributed by atoms with E-state index in [1.165, 1.54) is 12.8 Å². The van der Waals surface area contributed by atoms with E-state index in [2.05, 4.69) is 11.8 Å². The lowest BCUT2D eigenvalue weighted by molar-refractivity contribution is 0.0697. The summed E-state index contributed by atoms with van der Waals surface area (Å²) in [5.74, 6) is 0.864. The van der Waals surface area contributed by atoms with Crippen molar-refractivity contribution in [1.29, 1.82) is 0 Å². The van der Waals surface area contributed by atoms with Crippen LogP contribution >= 0.6 is 0 Å². The zero-order chi connectivity index (χ0) is 15.5. The maximum Gasteiger partial charge on any atom is 0.253 e. The highest BCUT2D eigenvalue weighted by atomic mass is 16.2. The third kappa shape index (κ3) is 3.43. The molecule has 2 aliphatic rings. The molecule has 0 atom stereocenters. The minimum atomic E-state index is 0.131. The molecule has 4 heteroatoms. The van der Waals surface area contributed by atoms with Crippen LogP contribution in [-0.2, 0) is 6.54 Å². The van der Waals surface area contributed by atoms with Gasteiger partial charge in [-0.1, -0.05) is 13.0 Å². The quantitative estimate of drug-likeness (QED) is 0.873. The molecule has 2 N–H and O–H groups in total. The lowest BCUT2D eigenvalue weighted by Crippen LogP contribution is -2.37. The molecule has 2 heterocycles. The highest BCUT2D eigenvalue weighted by Crippen LogP contribution is 2.22. The zero-order valence-corrected chi connectivity index (χ0v) is 13.6. The van der Waals surface area contributed by atoms with Crippen LogP contribution in [0.1, 0.15) is 48.5 Å². The second-order valence-corrected chi connectivity index (χ2v) is 6.87. The number of hydrogen-bond acceptors (Lipinski definition) is 3. The fraction of sp³-hybridized carbons (Fsp3) is 0.611. The van der Waals surface area contributed by atoms with Gasteiger partial charge in [0, 0.05) is 30.9 Å². The van der Waals surface area contributed by atoms with Crippen molar-refractivity contribution in [2.45, 2.75) is 39.2 Å². The van der Waals surface area contributed by atoms with Crippen LogP contribution in [0.25, 0.3) is 0 Å². The Morgan fingerprint density at radius 2 is 1.86 bits per heavy atom. The average Bonchev–Trinajstić information content (AvgIpc) is 3.02. The van der Waals surface area contributed by atoms with Crippen LogP contribution in [0, 0.1) is 5.92 Å². The van der Waals surface area contributed by atoms with E-state index in [0.717, 1.165) is 68.3 Å². The Labute approximate surface area is 133 Å². The average molecular weight is 301 g/mol. The van der Waals surface area contributed by atoms with Crippen LogP contribution in [0.4, 0.5) is 5.69 Å². The number of hydrogen-bond donors (Lipinski definition) is 1. The van der Waals surface area contributed by atoms with Gasteiger partial charge in [-0.15, -0.1) is 0 Å². The summed E-state index contributed by atoms with van der Waals surface area (Å²) in [6, 6.07) is 5.85. The summed E-state index contributed by atoms with van der Waals surface area (Å²) in [5.41, 5.74) is 8.82. The van der Waals surface area contributed by atoms with E-state index < -0.39 is 0 Å². The van der Waals surface area contributed by atoms with E-state index in [4.69, 9.17) is 5.73 Å². The summed E-state index contributed by atoms with van der Waals surface area (Å²) in [6.07, 6.45) is 4.77. The van der Waals surface area contributed by atoms with Crippen molar-refractivity contribution >= 4 is 11.6 Å². The minimum Gasteiger partial charge on any atom is -0.398 e. The lowest BCUT2D eigenvalue weighted by atomic mass is 9.98. The Kier molecular flexibility index (Phi) is 4.67. The van der Waals surface area contributed by atoms with Crippen LogP contribution < -0.4 is 5.73 Å². The van der Waals surface area contributed by atoms with Crippen molar-refractivity contribution in [2.75, 3.05) is 31.9 Å². The van der Waals surface area contributed by atoms with Crippen molar-refractivity contribution in [2.24, 2.45) is 5.92 Å². The standard InChI is InChI=1S/C18H27N3O/c1-14-6-10-21(11-7-14)18(22)15-4-5-16(17(19)12-15)13-20-8-2-3-9-20/h4-5,12,14H,2-3,6-11,13,19H2,1H3. The molecule has 0 saturated carbocycles. The third-order valence-electron chi connectivity index (χ3n) is 5.06. The highest BCUT2D eigenvalue weighted by Gasteiger charge is 2.22. The molecule has 4 nitrogen and oxygen atoms in total. The molecular formula is C18H27N3O. The predicted molar refractivity (Wildman–Crippen MR) is 89.7 cm³/mol. The molecule has 120 valence electrons. The van der Waals surface area contributed by atoms with Gasteiger partial charge in [-0.05, 0) is 62.4 Å². The Balaban J connectivity index is 1.66. The molecule has 2 aliphatic heterocycles. The van der Waals surface area contributed by atoms with E-state index in [0.29, 0.717) is 0 Å². The van der Waals surface area contributed by atoms with Crippen molar-refractivity contribution in [1.82, 2.24) is 9.80 Å². The number of rotatable bonds is 3. The first kappa shape index (κ1) is 15.3. The molecule has 2 saturated heterocycles. The Bertz CT molecular complexity index is 529. The number of amides is 1. The van der Waals surface area contributed by atoms with Crippen LogP contribution in [0.15, 0.2) is 18.2 Å². The van der Waals surface area contributed by atoms with E-state index in [1.54, 1.807) is 0 Å². The van der Waals surface area contributed by atoms with Crippen LogP contribution in [0.5, 0.6) is 0 Å². The number of carbonyl (C=O) groups excluding carboxylic acids is 1. The molecule has 1 aromatic carbocycles. The molecule has 0 radical (unpaired) electrons. The van der Waals surface area contributed by atoms with Gasteiger partial charge in [0.1, 0.15) is 0 Å². The number of piperidine rings is 1. The molecule has 0 spiro atoms. The number of benzene rings is 1. The molecule has 0 unspecified atom stereocenters. The number of nitrogen functional groups attached to an aromatic ring is 1. The molecule has 22 heavy (non-hydrogen) atoms. The summed E-state index contributed by atoms with van der Waals surface area (Å²) in [4.78, 5) is 17.0. The van der Waals surface area contributed by atoms with Gasteiger partial charge in [-0.2, -0.15) is 0 Å². The van der Waals surface area contributed by atoms with Crippen LogP contribution in [0.2, 0.25) is 0 Å². The molecule has 1 aromatic rings. The van der Waals surface area contributed by atoms with Gasteiger partial charge < -0.3 is 10.6 Å². The van der Waals surface area contributed by atoms with Gasteiger partial charge >= 0.3 is 0 Å². The van der Waals surface area contributed by atoms with Crippen molar-refractivity contribution in [3.8, 4) is 0 Å². The molecule has 3 rings (SSSR count). The SMILES string of the molecule is CC1CCN(C(=O)c2ccc(CN3CCCC3)c(N)c2)CC1. The van der Waals surface area contributed by atoms with E-state index in [-0.39, 0.29) is 5.91 Å². The second-order valence-electron chi connectivity index (χ2n) is 6.87. The first-order valence-electron chi connectivity index (χ1n) is 8.53. The summed E-state index contributed by atoms with van der Waals surface area (Å²) < 4.78 is 0. The Morgan fingerprint density at radius 1 is 1.18 bits per heavy atom. The fourth-order valence-electron chi connectivity index (χ4n) is 3.45. The van der Waals surface area contributed by atoms with Gasteiger partial charge in [-0.25, -0.2) is 0 Å². The molecular weight excluding hydrogens is 274 g/mol. The number of nitrogens with zero attached hydrogens (tertiary/aromatic N) is 2. The van der Waals surface area contributed by atoms with E-state index in [1.807, 2.05) is 23.1 Å². The van der Waals surface area contributed by atoms with Gasteiger partial charge in [0.2, 0.25) is 0 Å². The second kappa shape index (κ2) is 6.69. The van der Waals surface area contributed by atoms with Gasteiger partial charge in [0.25, 0.3) is 5.91 Å². The minimum absolute atomic E-state index is 0.131. The number of carbonyl (C=O) groups is 1. The zero-order valence-electron chi connectivity index (χ0n) is 13.6. The van der Waals surface area contributed by atoms with Crippen LogP contribution in [-0.4, -0.2) is 41.9 Å². The first-order chi connectivity index (χ1) is 10.6. The molecule has 1 amide bonds. The molecule has 0 aliphatic carbocycles. The highest BCUT2D eigenvalue weighted by molar-refractivity contribution is 5.95. The third-order valence-corrected chi connectivity index (χ3v) is 5.06. The van der Waals surface area contributed by atoms with Gasteiger partial charge in [-0.3, -0.25) is 9.69 Å². The monoisotopic (exact) mass is 301 g/mol. The first-order valence-corrected chi connectivity index (χ1v) is 8.53. The number of likely N-dealkylation sites (tertiary alicyclic amines) is 2. The maximum atomic E-state index is 12.6. The van der Waals surface area contributed by atoms with Gasteiger partial charge in [0.15, 0.2) is 0 Å².